The number of nitrogens with one attached hydrogen (secondary N) is 1. The number of hydrogen-bond acceptors (Lipinski definition) is 5. The molecule has 0 aliphatic heterocycles. The molecular formula is C23H33N5O. The van der Waals surface area contributed by atoms with Gasteiger partial charge in [-0.25, -0.2) is 0 Å². The van der Waals surface area contributed by atoms with Crippen LogP contribution in [0.15, 0.2) is 24.3 Å². The van der Waals surface area contributed by atoms with Gasteiger partial charge < -0.3 is 19.5 Å². The van der Waals surface area contributed by atoms with Crippen molar-refractivity contribution in [2.45, 2.75) is 41.5 Å². The van der Waals surface area contributed by atoms with E-state index in [1.54, 1.807) is 0 Å². The van der Waals surface area contributed by atoms with E-state index in [-0.39, 0.29) is 0 Å². The van der Waals surface area contributed by atoms with Gasteiger partial charge in [-0.15, -0.1) is 5.10 Å². The summed E-state index contributed by atoms with van der Waals surface area (Å²) in [4.78, 5) is 2.40. The molecule has 3 aromatic rings. The predicted molar refractivity (Wildman–Crippen MR) is 121 cm³/mol. The number of likely N-dealkylation sites (N-methyl/N-ethyl adjacent to an activating group) is 1. The van der Waals surface area contributed by atoms with Crippen molar-refractivity contribution in [2.75, 3.05) is 38.1 Å². The van der Waals surface area contributed by atoms with Crippen LogP contribution in [0.2, 0.25) is 0 Å². The quantitative estimate of drug-likeness (QED) is 0.578. The summed E-state index contributed by atoms with van der Waals surface area (Å²) >= 11 is 0. The first-order valence-corrected chi connectivity index (χ1v) is 10.6. The Morgan fingerprint density at radius 1 is 0.931 bits per heavy atom. The number of nitrogens with zero attached hydrogens (tertiary/aromatic N) is 4. The van der Waals surface area contributed by atoms with Crippen LogP contribution in [0.4, 0.5) is 5.82 Å². The first kappa shape index (κ1) is 21.1. The summed E-state index contributed by atoms with van der Waals surface area (Å²) in [5, 5.41) is 14.8. The van der Waals surface area contributed by atoms with E-state index in [0.717, 1.165) is 54.5 Å². The maximum atomic E-state index is 5.59. The lowest BCUT2D eigenvalue weighted by molar-refractivity contribution is 0.316. The topological polar surface area (TPSA) is 55.2 Å². The van der Waals surface area contributed by atoms with Crippen LogP contribution < -0.4 is 10.1 Å². The fourth-order valence-electron chi connectivity index (χ4n) is 4.04. The Hall–Kier alpha value is -2.60. The molecule has 0 atom stereocenters. The van der Waals surface area contributed by atoms with Crippen molar-refractivity contribution in [2.24, 2.45) is 0 Å². The molecule has 0 radical (unpaired) electrons. The SMILES string of the molecule is CCOc1ccc(-n2c(C)c3c(C)nnc(NCCN(CC)CC)c3c2C)cc1. The van der Waals surface area contributed by atoms with Gasteiger partial charge in [-0.3, -0.25) is 0 Å². The zero-order chi connectivity index (χ0) is 21.0. The highest BCUT2D eigenvalue weighted by Crippen LogP contribution is 2.34. The second-order valence-electron chi connectivity index (χ2n) is 7.27. The molecule has 0 saturated heterocycles. The van der Waals surface area contributed by atoms with Crippen LogP contribution in [0.25, 0.3) is 16.5 Å². The van der Waals surface area contributed by atoms with Crippen LogP contribution in [0.1, 0.15) is 37.9 Å². The number of anilines is 1. The molecule has 0 saturated carbocycles. The molecule has 0 spiro atoms. The second kappa shape index (κ2) is 9.27. The zero-order valence-electron chi connectivity index (χ0n) is 18.5. The first-order valence-electron chi connectivity index (χ1n) is 10.6. The number of hydrogen-bond donors (Lipinski definition) is 1. The van der Waals surface area contributed by atoms with E-state index in [1.807, 2.05) is 26.0 Å². The minimum absolute atomic E-state index is 0.670. The Bertz CT molecular complexity index is 958. The number of rotatable bonds is 9. The summed E-state index contributed by atoms with van der Waals surface area (Å²) in [5.41, 5.74) is 4.43. The smallest absolute Gasteiger partial charge is 0.158 e. The van der Waals surface area contributed by atoms with E-state index in [0.29, 0.717) is 6.61 Å². The van der Waals surface area contributed by atoms with Crippen molar-refractivity contribution >= 4 is 16.6 Å². The maximum absolute atomic E-state index is 5.59. The normalized spacial score (nSPS) is 11.4. The van der Waals surface area contributed by atoms with E-state index < -0.39 is 0 Å². The summed E-state index contributed by atoms with van der Waals surface area (Å²) in [5.74, 6) is 1.75. The fraction of sp³-hybridized carbons (Fsp3) is 0.478. The van der Waals surface area contributed by atoms with Gasteiger partial charge in [0, 0.05) is 40.9 Å². The number of ether oxygens (including phenoxy) is 1. The summed E-state index contributed by atoms with van der Waals surface area (Å²) in [6, 6.07) is 8.26. The average Bonchev–Trinajstić information content (AvgIpc) is 2.99. The highest BCUT2D eigenvalue weighted by molar-refractivity contribution is 5.98. The first-order chi connectivity index (χ1) is 14.0. The molecule has 6 heteroatoms. The van der Waals surface area contributed by atoms with Crippen molar-refractivity contribution in [3.8, 4) is 11.4 Å². The second-order valence-corrected chi connectivity index (χ2v) is 7.27. The Morgan fingerprint density at radius 3 is 2.21 bits per heavy atom. The lowest BCUT2D eigenvalue weighted by Crippen LogP contribution is -2.28. The number of aromatic nitrogens is 3. The van der Waals surface area contributed by atoms with Crippen LogP contribution in [-0.2, 0) is 0 Å². The molecule has 2 heterocycles. The Labute approximate surface area is 173 Å². The molecule has 0 aliphatic carbocycles. The van der Waals surface area contributed by atoms with Gasteiger partial charge in [0.1, 0.15) is 5.75 Å². The minimum Gasteiger partial charge on any atom is -0.494 e. The van der Waals surface area contributed by atoms with Gasteiger partial charge in [-0.1, -0.05) is 13.8 Å². The third-order valence-electron chi connectivity index (χ3n) is 5.56. The number of benzene rings is 1. The van der Waals surface area contributed by atoms with E-state index in [4.69, 9.17) is 4.74 Å². The summed E-state index contributed by atoms with van der Waals surface area (Å²) in [7, 11) is 0. The third-order valence-corrected chi connectivity index (χ3v) is 5.56. The standard InChI is InChI=1S/C23H33N5O/c1-7-27(8-2)15-14-24-23-22-18(6)28(17(5)21(22)16(4)25-26-23)19-10-12-20(13-11-19)29-9-3/h10-13H,7-9,14-15H2,1-6H3,(H,24,26). The molecule has 0 unspecified atom stereocenters. The van der Waals surface area contributed by atoms with Gasteiger partial charge >= 0.3 is 0 Å². The molecule has 0 fully saturated rings. The van der Waals surface area contributed by atoms with E-state index >= 15 is 0 Å². The van der Waals surface area contributed by atoms with Gasteiger partial charge in [0.2, 0.25) is 0 Å². The molecule has 0 bridgehead atoms. The molecule has 2 aromatic heterocycles. The van der Waals surface area contributed by atoms with Crippen LogP contribution >= 0.6 is 0 Å². The monoisotopic (exact) mass is 395 g/mol. The molecule has 0 amide bonds. The Balaban J connectivity index is 1.99. The number of aryl methyl sites for hydroxylation is 3. The lowest BCUT2D eigenvalue weighted by Gasteiger charge is -2.18. The maximum Gasteiger partial charge on any atom is 0.158 e. The van der Waals surface area contributed by atoms with Gasteiger partial charge in [0.25, 0.3) is 0 Å². The average molecular weight is 396 g/mol. The molecule has 3 rings (SSSR count). The van der Waals surface area contributed by atoms with Gasteiger partial charge in [-0.05, 0) is 65.0 Å². The highest BCUT2D eigenvalue weighted by Gasteiger charge is 2.19. The highest BCUT2D eigenvalue weighted by atomic mass is 16.5. The van der Waals surface area contributed by atoms with Gasteiger partial charge in [-0.2, -0.15) is 5.10 Å². The fourth-order valence-corrected chi connectivity index (χ4v) is 4.04. The van der Waals surface area contributed by atoms with E-state index in [1.165, 1.54) is 16.8 Å². The van der Waals surface area contributed by atoms with Crippen molar-refractivity contribution in [1.82, 2.24) is 19.7 Å². The molecule has 156 valence electrons. The largest absolute Gasteiger partial charge is 0.494 e. The summed E-state index contributed by atoms with van der Waals surface area (Å²) in [6.45, 7) is 17.3. The predicted octanol–water partition coefficient (Wildman–Crippen LogP) is 4.50. The van der Waals surface area contributed by atoms with Crippen LogP contribution in [0.3, 0.4) is 0 Å². The number of fused-ring (bicyclic) bond motifs is 1. The molecule has 0 aliphatic rings. The zero-order valence-corrected chi connectivity index (χ0v) is 18.5. The Morgan fingerprint density at radius 2 is 1.59 bits per heavy atom. The summed E-state index contributed by atoms with van der Waals surface area (Å²) < 4.78 is 7.88. The minimum atomic E-state index is 0.670. The van der Waals surface area contributed by atoms with Crippen molar-refractivity contribution in [3.05, 3.63) is 41.3 Å². The van der Waals surface area contributed by atoms with Crippen molar-refractivity contribution in [3.63, 3.8) is 0 Å². The van der Waals surface area contributed by atoms with Crippen LogP contribution in [0, 0.1) is 20.8 Å². The molecule has 29 heavy (non-hydrogen) atoms. The summed E-state index contributed by atoms with van der Waals surface area (Å²) in [6.07, 6.45) is 0. The van der Waals surface area contributed by atoms with Crippen LogP contribution in [0.5, 0.6) is 5.75 Å². The van der Waals surface area contributed by atoms with E-state index in [9.17, 15) is 0 Å². The van der Waals surface area contributed by atoms with Crippen LogP contribution in [-0.4, -0.2) is 52.5 Å². The van der Waals surface area contributed by atoms with Crippen molar-refractivity contribution < 1.29 is 4.74 Å². The van der Waals surface area contributed by atoms with Crippen molar-refractivity contribution in [1.29, 1.82) is 0 Å². The molecule has 6 nitrogen and oxygen atoms in total. The molecule has 1 N–H and O–H groups in total. The lowest BCUT2D eigenvalue weighted by atomic mass is 10.1. The molecular weight excluding hydrogens is 362 g/mol. The Kier molecular flexibility index (Phi) is 6.75. The van der Waals surface area contributed by atoms with E-state index in [2.05, 4.69) is 64.8 Å². The molecule has 1 aromatic carbocycles. The van der Waals surface area contributed by atoms with Gasteiger partial charge in [0.15, 0.2) is 5.82 Å². The third kappa shape index (κ3) is 4.22. The van der Waals surface area contributed by atoms with Gasteiger partial charge in [0.05, 0.1) is 12.3 Å².